The van der Waals surface area contributed by atoms with Gasteiger partial charge in [0.25, 0.3) is 5.69 Å². The van der Waals surface area contributed by atoms with Crippen molar-refractivity contribution in [2.75, 3.05) is 0 Å². The van der Waals surface area contributed by atoms with Crippen LogP contribution in [0, 0.1) is 10.1 Å². The van der Waals surface area contributed by atoms with E-state index in [-0.39, 0.29) is 11.1 Å². The van der Waals surface area contributed by atoms with Gasteiger partial charge in [-0.25, -0.2) is 0 Å². The van der Waals surface area contributed by atoms with Crippen LogP contribution in [-0.2, 0) is 0 Å². The van der Waals surface area contributed by atoms with Gasteiger partial charge in [-0.3, -0.25) is 14.9 Å². The molecule has 0 spiro atoms. The molecule has 0 radical (unpaired) electrons. The van der Waals surface area contributed by atoms with Crippen molar-refractivity contribution in [2.24, 2.45) is 0 Å². The van der Waals surface area contributed by atoms with Crippen molar-refractivity contribution >= 4 is 34.9 Å². The molecule has 5 heteroatoms. The fourth-order valence-electron chi connectivity index (χ4n) is 2.45. The van der Waals surface area contributed by atoms with Crippen LogP contribution in [0.25, 0.3) is 29.2 Å². The molecule has 0 amide bonds. The van der Waals surface area contributed by atoms with Gasteiger partial charge in [0.2, 0.25) is 5.43 Å². The Labute approximate surface area is 137 Å². The number of hydrogen-bond donors (Lipinski definition) is 0. The third kappa shape index (κ3) is 2.75. The molecule has 3 rings (SSSR count). The lowest BCUT2D eigenvalue weighted by atomic mass is 10.1. The van der Waals surface area contributed by atoms with Crippen molar-refractivity contribution in [3.05, 3.63) is 92.3 Å². The molecule has 0 bridgehead atoms. The number of benzene rings is 2. The number of rotatable bonds is 4. The summed E-state index contributed by atoms with van der Waals surface area (Å²) in [6.45, 7) is 3.66. The summed E-state index contributed by atoms with van der Waals surface area (Å²) in [5.41, 5.74) is 0.998. The minimum absolute atomic E-state index is 0.0166. The maximum absolute atomic E-state index is 12.5. The van der Waals surface area contributed by atoms with E-state index in [9.17, 15) is 14.9 Å². The van der Waals surface area contributed by atoms with Crippen LogP contribution in [0.2, 0.25) is 0 Å². The zero-order valence-corrected chi connectivity index (χ0v) is 12.6. The van der Waals surface area contributed by atoms with Crippen molar-refractivity contribution in [3.63, 3.8) is 0 Å². The van der Waals surface area contributed by atoms with E-state index < -0.39 is 4.92 Å². The van der Waals surface area contributed by atoms with Gasteiger partial charge < -0.3 is 4.42 Å². The highest BCUT2D eigenvalue weighted by Gasteiger charge is 2.12. The van der Waals surface area contributed by atoms with E-state index in [0.717, 1.165) is 0 Å². The summed E-state index contributed by atoms with van der Waals surface area (Å²) in [6, 6.07) is 13.3. The van der Waals surface area contributed by atoms with E-state index in [1.807, 2.05) is 0 Å². The summed E-state index contributed by atoms with van der Waals surface area (Å²) in [5.74, 6) is 0.312. The molecule has 0 saturated heterocycles. The molecular weight excluding hydrogens is 306 g/mol. The maximum atomic E-state index is 12.5. The van der Waals surface area contributed by atoms with Gasteiger partial charge in [0.15, 0.2) is 0 Å². The average Bonchev–Trinajstić information content (AvgIpc) is 2.60. The normalized spacial score (nSPS) is 11.0. The number of nitro groups is 1. The minimum atomic E-state index is -0.454. The van der Waals surface area contributed by atoms with Crippen LogP contribution in [0.15, 0.2) is 64.3 Å². The number of fused-ring (bicyclic) bond motifs is 1. The molecule has 0 atom stereocenters. The van der Waals surface area contributed by atoms with Crippen LogP contribution in [0.3, 0.4) is 0 Å². The molecule has 0 aliphatic heterocycles. The molecule has 2 aromatic carbocycles. The highest BCUT2D eigenvalue weighted by molar-refractivity contribution is 5.83. The topological polar surface area (TPSA) is 73.3 Å². The Morgan fingerprint density at radius 1 is 1.04 bits per heavy atom. The second-order valence-electron chi connectivity index (χ2n) is 5.06. The van der Waals surface area contributed by atoms with Gasteiger partial charge in [-0.1, -0.05) is 36.9 Å². The Bertz CT molecular complexity index is 1030. The van der Waals surface area contributed by atoms with Gasteiger partial charge in [0.1, 0.15) is 11.3 Å². The molecule has 1 aromatic heterocycles. The summed E-state index contributed by atoms with van der Waals surface area (Å²) >= 11 is 0. The zero-order chi connectivity index (χ0) is 17.1. The molecule has 0 aliphatic carbocycles. The van der Waals surface area contributed by atoms with E-state index in [2.05, 4.69) is 6.58 Å². The summed E-state index contributed by atoms with van der Waals surface area (Å²) in [5, 5.41) is 11.5. The van der Waals surface area contributed by atoms with E-state index in [4.69, 9.17) is 4.42 Å². The maximum Gasteiger partial charge on any atom is 0.276 e. The molecule has 0 aliphatic rings. The molecular formula is C19H13NO4. The van der Waals surface area contributed by atoms with Crippen molar-refractivity contribution in [2.45, 2.75) is 0 Å². The lowest BCUT2D eigenvalue weighted by molar-refractivity contribution is -0.385. The molecule has 3 aromatic rings. The molecule has 0 unspecified atom stereocenters. The van der Waals surface area contributed by atoms with Crippen LogP contribution < -0.4 is 5.43 Å². The van der Waals surface area contributed by atoms with E-state index >= 15 is 0 Å². The first-order valence-electron chi connectivity index (χ1n) is 7.21. The SMILES string of the molecule is C=Cc1c(/C=C/c2ccccc2[N+](=O)[O-])oc2ccccc2c1=O. The summed E-state index contributed by atoms with van der Waals surface area (Å²) in [6.07, 6.45) is 4.53. The third-order valence-electron chi connectivity index (χ3n) is 3.61. The predicted molar refractivity (Wildman–Crippen MR) is 94.6 cm³/mol. The highest BCUT2D eigenvalue weighted by atomic mass is 16.6. The molecule has 5 nitrogen and oxygen atoms in total. The first kappa shape index (κ1) is 15.4. The van der Waals surface area contributed by atoms with Crippen LogP contribution in [0.1, 0.15) is 16.9 Å². The van der Waals surface area contributed by atoms with Crippen molar-refractivity contribution in [1.29, 1.82) is 0 Å². The summed E-state index contributed by atoms with van der Waals surface area (Å²) in [4.78, 5) is 23.1. The number of hydrogen-bond acceptors (Lipinski definition) is 4. The lowest BCUT2D eigenvalue weighted by Gasteiger charge is -2.03. The van der Waals surface area contributed by atoms with Crippen LogP contribution in [0.5, 0.6) is 0 Å². The van der Waals surface area contributed by atoms with Gasteiger partial charge in [0, 0.05) is 6.07 Å². The average molecular weight is 319 g/mol. The molecule has 1 heterocycles. The lowest BCUT2D eigenvalue weighted by Crippen LogP contribution is -2.07. The second-order valence-corrected chi connectivity index (χ2v) is 5.06. The van der Waals surface area contributed by atoms with Crippen molar-refractivity contribution in [1.82, 2.24) is 0 Å². The van der Waals surface area contributed by atoms with Gasteiger partial charge in [-0.15, -0.1) is 0 Å². The zero-order valence-electron chi connectivity index (χ0n) is 12.6. The smallest absolute Gasteiger partial charge is 0.276 e. The van der Waals surface area contributed by atoms with Gasteiger partial charge in [-0.05, 0) is 30.4 Å². The van der Waals surface area contributed by atoms with Crippen LogP contribution in [-0.4, -0.2) is 4.92 Å². The molecule has 24 heavy (non-hydrogen) atoms. The Kier molecular flexibility index (Phi) is 4.07. The third-order valence-corrected chi connectivity index (χ3v) is 3.61. The molecule has 0 saturated carbocycles. The fraction of sp³-hybridized carbons (Fsp3) is 0. The van der Waals surface area contributed by atoms with Crippen molar-refractivity contribution < 1.29 is 9.34 Å². The largest absolute Gasteiger partial charge is 0.456 e. The Morgan fingerprint density at radius 2 is 1.75 bits per heavy atom. The highest BCUT2D eigenvalue weighted by Crippen LogP contribution is 2.22. The summed E-state index contributed by atoms with van der Waals surface area (Å²) in [7, 11) is 0. The van der Waals surface area contributed by atoms with E-state index in [0.29, 0.717) is 27.9 Å². The minimum Gasteiger partial charge on any atom is -0.456 e. The summed E-state index contributed by atoms with van der Waals surface area (Å²) < 4.78 is 5.76. The Morgan fingerprint density at radius 3 is 2.50 bits per heavy atom. The molecule has 118 valence electrons. The molecule has 0 fully saturated rings. The van der Waals surface area contributed by atoms with E-state index in [1.54, 1.807) is 54.6 Å². The van der Waals surface area contributed by atoms with Gasteiger partial charge in [-0.2, -0.15) is 0 Å². The second kappa shape index (κ2) is 6.34. The van der Waals surface area contributed by atoms with Crippen molar-refractivity contribution in [3.8, 4) is 0 Å². The van der Waals surface area contributed by atoms with Gasteiger partial charge in [0.05, 0.1) is 21.4 Å². The standard InChI is InChI=1S/C19H13NO4/c1-2-14-18(24-17-10-6-4-8-15(17)19(14)21)12-11-13-7-3-5-9-16(13)20(22)23/h2-12H,1H2/b12-11+. The van der Waals surface area contributed by atoms with Crippen LogP contribution in [0.4, 0.5) is 5.69 Å². The number of nitro benzene ring substituents is 1. The first-order valence-corrected chi connectivity index (χ1v) is 7.21. The quantitative estimate of drug-likeness (QED) is 0.523. The Balaban J connectivity index is 2.16. The number of para-hydroxylation sites is 2. The number of nitrogens with zero attached hydrogens (tertiary/aromatic N) is 1. The monoisotopic (exact) mass is 319 g/mol. The molecule has 0 N–H and O–H groups in total. The van der Waals surface area contributed by atoms with Gasteiger partial charge >= 0.3 is 0 Å². The fourth-order valence-corrected chi connectivity index (χ4v) is 2.45. The predicted octanol–water partition coefficient (Wildman–Crippen LogP) is 4.51. The first-order chi connectivity index (χ1) is 11.6. The Hall–Kier alpha value is -3.47. The van der Waals surface area contributed by atoms with Crippen LogP contribution >= 0.6 is 0 Å². The van der Waals surface area contributed by atoms with E-state index in [1.165, 1.54) is 12.1 Å².